The minimum Gasteiger partial charge on any atom is -0.497 e. The zero-order valence-electron chi connectivity index (χ0n) is 13.7. The molecule has 3 nitrogen and oxygen atoms in total. The lowest BCUT2D eigenvalue weighted by Crippen LogP contribution is -2.29. The molecular weight excluding hydrogens is 293 g/mol. The number of hydrogen-bond acceptors (Lipinski definition) is 2. The molecule has 0 aliphatic carbocycles. The number of carbonyl (C=O) groups is 1. The molecule has 1 atom stereocenters. The summed E-state index contributed by atoms with van der Waals surface area (Å²) in [4.78, 5) is 12.4. The second-order valence-electron chi connectivity index (χ2n) is 5.94. The van der Waals surface area contributed by atoms with E-state index in [1.54, 1.807) is 7.11 Å². The van der Waals surface area contributed by atoms with Crippen molar-refractivity contribution >= 4 is 5.91 Å². The van der Waals surface area contributed by atoms with Gasteiger partial charge >= 0.3 is 0 Å². The van der Waals surface area contributed by atoms with Crippen molar-refractivity contribution in [1.29, 1.82) is 0 Å². The Morgan fingerprint density at radius 1 is 1.09 bits per heavy atom. The lowest BCUT2D eigenvalue weighted by atomic mass is 9.96. The third-order valence-corrected chi connectivity index (χ3v) is 3.64. The normalized spacial score (nSPS) is 12.0. The first kappa shape index (κ1) is 17.0. The largest absolute Gasteiger partial charge is 0.497 e. The highest BCUT2D eigenvalue weighted by atomic mass is 19.1. The van der Waals surface area contributed by atoms with Crippen LogP contribution in [0.5, 0.6) is 5.75 Å². The number of benzene rings is 2. The summed E-state index contributed by atoms with van der Waals surface area (Å²) in [5.74, 6) is 0.652. The van der Waals surface area contributed by atoms with Crippen molar-refractivity contribution in [3.05, 3.63) is 65.5 Å². The maximum Gasteiger partial charge on any atom is 0.251 e. The fourth-order valence-corrected chi connectivity index (χ4v) is 2.43. The lowest BCUT2D eigenvalue weighted by molar-refractivity contribution is 0.0932. The third-order valence-electron chi connectivity index (χ3n) is 3.64. The Labute approximate surface area is 136 Å². The van der Waals surface area contributed by atoms with E-state index in [2.05, 4.69) is 19.2 Å². The Balaban J connectivity index is 2.17. The first-order chi connectivity index (χ1) is 11.0. The van der Waals surface area contributed by atoms with Crippen LogP contribution in [0.4, 0.5) is 4.39 Å². The molecule has 0 saturated carbocycles. The van der Waals surface area contributed by atoms with Crippen LogP contribution in [-0.4, -0.2) is 13.0 Å². The summed E-state index contributed by atoms with van der Waals surface area (Å²) in [6.45, 7) is 4.22. The van der Waals surface area contributed by atoms with E-state index >= 15 is 0 Å². The average molecular weight is 315 g/mol. The zero-order chi connectivity index (χ0) is 16.8. The monoisotopic (exact) mass is 315 g/mol. The Morgan fingerprint density at radius 2 is 1.70 bits per heavy atom. The molecule has 0 aliphatic rings. The smallest absolute Gasteiger partial charge is 0.251 e. The molecule has 23 heavy (non-hydrogen) atoms. The van der Waals surface area contributed by atoms with E-state index in [-0.39, 0.29) is 17.8 Å². The molecule has 0 unspecified atom stereocenters. The van der Waals surface area contributed by atoms with Crippen molar-refractivity contribution in [2.45, 2.75) is 26.3 Å². The van der Waals surface area contributed by atoms with E-state index in [4.69, 9.17) is 4.74 Å². The fraction of sp³-hybridized carbons (Fsp3) is 0.316. The van der Waals surface area contributed by atoms with E-state index in [0.717, 1.165) is 17.7 Å². The first-order valence-electron chi connectivity index (χ1n) is 7.70. The highest BCUT2D eigenvalue weighted by molar-refractivity contribution is 5.94. The van der Waals surface area contributed by atoms with Crippen molar-refractivity contribution in [2.75, 3.05) is 7.11 Å². The quantitative estimate of drug-likeness (QED) is 0.860. The molecule has 2 aromatic rings. The summed E-state index contributed by atoms with van der Waals surface area (Å²) in [6, 6.07) is 13.1. The van der Waals surface area contributed by atoms with Gasteiger partial charge in [0.1, 0.15) is 11.6 Å². The van der Waals surface area contributed by atoms with Gasteiger partial charge in [-0.3, -0.25) is 4.79 Å². The molecule has 0 aliphatic heterocycles. The maximum absolute atomic E-state index is 13.0. The summed E-state index contributed by atoms with van der Waals surface area (Å²) in [5.41, 5.74) is 1.48. The van der Waals surface area contributed by atoms with Gasteiger partial charge in [-0.1, -0.05) is 26.0 Å². The molecule has 1 N–H and O–H groups in total. The van der Waals surface area contributed by atoms with Crippen LogP contribution in [0.15, 0.2) is 48.5 Å². The summed E-state index contributed by atoms with van der Waals surface area (Å²) in [7, 11) is 1.62. The van der Waals surface area contributed by atoms with Gasteiger partial charge in [-0.05, 0) is 54.3 Å². The molecule has 0 heterocycles. The maximum atomic E-state index is 13.0. The van der Waals surface area contributed by atoms with Crippen LogP contribution in [0.2, 0.25) is 0 Å². The lowest BCUT2D eigenvalue weighted by Gasteiger charge is -2.21. The van der Waals surface area contributed by atoms with Crippen LogP contribution < -0.4 is 10.1 Å². The van der Waals surface area contributed by atoms with Crippen LogP contribution in [0.3, 0.4) is 0 Å². The van der Waals surface area contributed by atoms with E-state index in [1.165, 1.54) is 24.3 Å². The summed E-state index contributed by atoms with van der Waals surface area (Å²) < 4.78 is 18.1. The van der Waals surface area contributed by atoms with Crippen LogP contribution in [-0.2, 0) is 0 Å². The van der Waals surface area contributed by atoms with E-state index in [1.807, 2.05) is 24.3 Å². The predicted molar refractivity (Wildman–Crippen MR) is 89.1 cm³/mol. The van der Waals surface area contributed by atoms with Gasteiger partial charge in [0.25, 0.3) is 5.91 Å². The van der Waals surface area contributed by atoms with E-state index < -0.39 is 0 Å². The molecule has 2 aromatic carbocycles. The SMILES string of the molecule is COc1ccc([C@H](CC(C)C)NC(=O)c2ccc(F)cc2)cc1. The molecule has 0 fully saturated rings. The molecule has 0 saturated heterocycles. The van der Waals surface area contributed by atoms with Crippen molar-refractivity contribution in [3.63, 3.8) is 0 Å². The summed E-state index contributed by atoms with van der Waals surface area (Å²) in [5, 5.41) is 3.04. The van der Waals surface area contributed by atoms with Crippen LogP contribution in [0, 0.1) is 11.7 Å². The minimum atomic E-state index is -0.351. The summed E-state index contributed by atoms with van der Waals surface area (Å²) in [6.07, 6.45) is 0.819. The Kier molecular flexibility index (Phi) is 5.74. The Morgan fingerprint density at radius 3 is 2.22 bits per heavy atom. The van der Waals surface area contributed by atoms with Gasteiger partial charge in [0.2, 0.25) is 0 Å². The van der Waals surface area contributed by atoms with Crippen molar-refractivity contribution in [3.8, 4) is 5.75 Å². The number of hydrogen-bond donors (Lipinski definition) is 1. The number of ether oxygens (including phenoxy) is 1. The van der Waals surface area contributed by atoms with Gasteiger partial charge in [-0.15, -0.1) is 0 Å². The third kappa shape index (κ3) is 4.81. The zero-order valence-corrected chi connectivity index (χ0v) is 13.7. The number of carbonyl (C=O) groups excluding carboxylic acids is 1. The van der Waals surface area contributed by atoms with Gasteiger partial charge in [-0.2, -0.15) is 0 Å². The highest BCUT2D eigenvalue weighted by Gasteiger charge is 2.17. The molecular formula is C19H22FNO2. The van der Waals surface area contributed by atoms with Crippen LogP contribution >= 0.6 is 0 Å². The molecule has 122 valence electrons. The number of amides is 1. The van der Waals surface area contributed by atoms with Crippen LogP contribution in [0.25, 0.3) is 0 Å². The number of rotatable bonds is 6. The fourth-order valence-electron chi connectivity index (χ4n) is 2.43. The highest BCUT2D eigenvalue weighted by Crippen LogP contribution is 2.24. The van der Waals surface area contributed by atoms with Crippen LogP contribution in [0.1, 0.15) is 42.2 Å². The summed E-state index contributed by atoms with van der Waals surface area (Å²) >= 11 is 0. The molecule has 2 rings (SSSR count). The molecule has 0 aromatic heterocycles. The number of nitrogens with one attached hydrogen (secondary N) is 1. The Bertz CT molecular complexity index is 635. The van der Waals surface area contributed by atoms with E-state index in [0.29, 0.717) is 11.5 Å². The Hall–Kier alpha value is -2.36. The van der Waals surface area contributed by atoms with Gasteiger partial charge in [-0.25, -0.2) is 4.39 Å². The first-order valence-corrected chi connectivity index (χ1v) is 7.70. The van der Waals surface area contributed by atoms with Crippen molar-refractivity contribution in [1.82, 2.24) is 5.32 Å². The average Bonchev–Trinajstić information content (AvgIpc) is 2.54. The number of methoxy groups -OCH3 is 1. The van der Waals surface area contributed by atoms with E-state index in [9.17, 15) is 9.18 Å². The molecule has 4 heteroatoms. The second kappa shape index (κ2) is 7.77. The molecule has 1 amide bonds. The van der Waals surface area contributed by atoms with Gasteiger partial charge in [0.15, 0.2) is 0 Å². The second-order valence-corrected chi connectivity index (χ2v) is 5.94. The topological polar surface area (TPSA) is 38.3 Å². The predicted octanol–water partition coefficient (Wildman–Crippen LogP) is 4.35. The van der Waals surface area contributed by atoms with Crippen molar-refractivity contribution in [2.24, 2.45) is 5.92 Å². The minimum absolute atomic E-state index is 0.0986. The molecule has 0 bridgehead atoms. The van der Waals surface area contributed by atoms with Gasteiger partial charge < -0.3 is 10.1 Å². The standard InChI is InChI=1S/C19H22FNO2/c1-13(2)12-18(14-6-10-17(23-3)11-7-14)21-19(22)15-4-8-16(20)9-5-15/h4-11,13,18H,12H2,1-3H3,(H,21,22)/t18-/m0/s1. The van der Waals surface area contributed by atoms with Gasteiger partial charge in [0.05, 0.1) is 13.2 Å². The molecule has 0 spiro atoms. The van der Waals surface area contributed by atoms with Gasteiger partial charge in [0, 0.05) is 5.56 Å². The molecule has 0 radical (unpaired) electrons. The number of halogens is 1. The van der Waals surface area contributed by atoms with Crippen molar-refractivity contribution < 1.29 is 13.9 Å².